The first-order valence-electron chi connectivity index (χ1n) is 9.20. The summed E-state index contributed by atoms with van der Waals surface area (Å²) in [5.74, 6) is -1.06. The lowest BCUT2D eigenvalue weighted by molar-refractivity contribution is -0.384. The molecule has 1 amide bonds. The van der Waals surface area contributed by atoms with Crippen molar-refractivity contribution in [2.45, 2.75) is 71.7 Å². The van der Waals surface area contributed by atoms with Gasteiger partial charge in [0.05, 0.1) is 10.5 Å². The van der Waals surface area contributed by atoms with E-state index in [1.807, 2.05) is 27.7 Å². The van der Waals surface area contributed by atoms with Crippen molar-refractivity contribution >= 4 is 23.3 Å². The number of benzene rings is 1. The molecule has 1 aromatic rings. The van der Waals surface area contributed by atoms with Crippen LogP contribution < -0.4 is 5.32 Å². The van der Waals surface area contributed by atoms with Gasteiger partial charge in [-0.05, 0) is 59.6 Å². The molecule has 148 valence electrons. The topological polar surface area (TPSA) is 102 Å². The van der Waals surface area contributed by atoms with E-state index in [1.165, 1.54) is 25.1 Å². The van der Waals surface area contributed by atoms with E-state index in [9.17, 15) is 19.7 Å². The van der Waals surface area contributed by atoms with Crippen molar-refractivity contribution in [3.63, 3.8) is 0 Å². The lowest BCUT2D eigenvalue weighted by Gasteiger charge is -2.32. The molecule has 1 atom stereocenters. The minimum atomic E-state index is -0.981. The maximum atomic E-state index is 12.6. The van der Waals surface area contributed by atoms with Gasteiger partial charge in [-0.3, -0.25) is 14.9 Å². The van der Waals surface area contributed by atoms with E-state index in [0.717, 1.165) is 12.8 Å². The highest BCUT2D eigenvalue weighted by Crippen LogP contribution is 2.31. The van der Waals surface area contributed by atoms with E-state index in [2.05, 4.69) is 5.32 Å². The summed E-state index contributed by atoms with van der Waals surface area (Å²) in [6.07, 6.45) is 0.969. The van der Waals surface area contributed by atoms with Crippen LogP contribution in [0, 0.1) is 10.1 Å². The van der Waals surface area contributed by atoms with Crippen LogP contribution in [0.25, 0.3) is 0 Å². The molecule has 1 saturated carbocycles. The van der Waals surface area contributed by atoms with E-state index in [-0.39, 0.29) is 35.3 Å². The fourth-order valence-corrected chi connectivity index (χ4v) is 2.97. The van der Waals surface area contributed by atoms with Gasteiger partial charge in [0.1, 0.15) is 5.69 Å². The normalized spacial score (nSPS) is 14.8. The summed E-state index contributed by atoms with van der Waals surface area (Å²) < 4.78 is 5.27. The molecule has 0 heterocycles. The van der Waals surface area contributed by atoms with Crippen molar-refractivity contribution in [2.24, 2.45) is 0 Å². The third-order valence-corrected chi connectivity index (χ3v) is 4.37. The highest BCUT2D eigenvalue weighted by molar-refractivity contribution is 5.93. The maximum Gasteiger partial charge on any atom is 0.339 e. The number of ether oxygens (including phenoxy) is 1. The van der Waals surface area contributed by atoms with E-state index in [1.54, 1.807) is 4.90 Å². The Labute approximate surface area is 159 Å². The van der Waals surface area contributed by atoms with Crippen LogP contribution in [0.1, 0.15) is 57.8 Å². The molecule has 8 nitrogen and oxygen atoms in total. The summed E-state index contributed by atoms with van der Waals surface area (Å²) in [7, 11) is 0. The first-order valence-corrected chi connectivity index (χ1v) is 9.20. The van der Waals surface area contributed by atoms with Crippen LogP contribution in [0.15, 0.2) is 18.2 Å². The van der Waals surface area contributed by atoms with Crippen LogP contribution in [0.3, 0.4) is 0 Å². The molecule has 1 N–H and O–H groups in total. The third-order valence-electron chi connectivity index (χ3n) is 4.37. The molecule has 8 heteroatoms. The van der Waals surface area contributed by atoms with E-state index < -0.39 is 17.0 Å². The molecule has 1 aliphatic carbocycles. The molecular weight excluding hydrogens is 350 g/mol. The van der Waals surface area contributed by atoms with Crippen molar-refractivity contribution in [3.8, 4) is 0 Å². The minimum Gasteiger partial charge on any atom is -0.449 e. The summed E-state index contributed by atoms with van der Waals surface area (Å²) in [4.78, 5) is 37.4. The van der Waals surface area contributed by atoms with Crippen LogP contribution in [0.2, 0.25) is 0 Å². The quantitative estimate of drug-likeness (QED) is 0.423. The van der Waals surface area contributed by atoms with Crippen LogP contribution in [-0.4, -0.2) is 45.9 Å². The average molecular weight is 377 g/mol. The monoisotopic (exact) mass is 377 g/mol. The zero-order valence-corrected chi connectivity index (χ0v) is 16.4. The molecule has 27 heavy (non-hydrogen) atoms. The summed E-state index contributed by atoms with van der Waals surface area (Å²) in [5, 5.41) is 14.4. The number of rotatable bonds is 8. The molecule has 1 fully saturated rings. The van der Waals surface area contributed by atoms with Gasteiger partial charge in [0, 0.05) is 24.2 Å². The Morgan fingerprint density at radius 3 is 2.26 bits per heavy atom. The Morgan fingerprint density at radius 1 is 1.19 bits per heavy atom. The van der Waals surface area contributed by atoms with Crippen LogP contribution >= 0.6 is 0 Å². The molecule has 0 aromatic heterocycles. The number of carbonyl (C=O) groups excluding carboxylic acids is 2. The number of nitro benzene ring substituents is 1. The van der Waals surface area contributed by atoms with Gasteiger partial charge in [-0.25, -0.2) is 4.79 Å². The Morgan fingerprint density at radius 2 is 1.78 bits per heavy atom. The largest absolute Gasteiger partial charge is 0.449 e. The number of hydrogen-bond donors (Lipinski definition) is 1. The van der Waals surface area contributed by atoms with Gasteiger partial charge in [-0.15, -0.1) is 0 Å². The summed E-state index contributed by atoms with van der Waals surface area (Å²) >= 11 is 0. The van der Waals surface area contributed by atoms with E-state index in [0.29, 0.717) is 5.69 Å². The predicted octanol–water partition coefficient (Wildman–Crippen LogP) is 3.36. The molecule has 0 unspecified atom stereocenters. The number of nitrogens with zero attached hydrogens (tertiary/aromatic N) is 2. The molecule has 1 aromatic carbocycles. The second-order valence-electron chi connectivity index (χ2n) is 7.39. The standard InChI is InChI=1S/C19H27N3O5/c1-11(2)21(12(3)4)18(23)13(5)27-19(24)14-6-9-16(20-15-7-8-15)17(10-14)22(25)26/h6,9-13,15,20H,7-8H2,1-5H3/t13-/m1/s1. The smallest absolute Gasteiger partial charge is 0.339 e. The summed E-state index contributed by atoms with van der Waals surface area (Å²) in [5.41, 5.74) is 0.249. The fraction of sp³-hybridized carbons (Fsp3) is 0.579. The molecular formula is C19H27N3O5. The summed E-state index contributed by atoms with van der Waals surface area (Å²) in [6, 6.07) is 4.35. The fourth-order valence-electron chi connectivity index (χ4n) is 2.97. The van der Waals surface area contributed by atoms with Crippen LogP contribution in [0.5, 0.6) is 0 Å². The number of hydrogen-bond acceptors (Lipinski definition) is 6. The highest BCUT2D eigenvalue weighted by Gasteiger charge is 2.29. The molecule has 0 radical (unpaired) electrons. The number of anilines is 1. The number of esters is 1. The highest BCUT2D eigenvalue weighted by atomic mass is 16.6. The first-order chi connectivity index (χ1) is 12.6. The van der Waals surface area contributed by atoms with Gasteiger partial charge in [0.2, 0.25) is 0 Å². The molecule has 0 spiro atoms. The Hall–Kier alpha value is -2.64. The molecule has 1 aliphatic rings. The molecule has 0 bridgehead atoms. The number of carbonyl (C=O) groups is 2. The van der Waals surface area contributed by atoms with Crippen molar-refractivity contribution in [1.29, 1.82) is 0 Å². The molecule has 0 aliphatic heterocycles. The Kier molecular flexibility index (Phi) is 6.41. The van der Waals surface area contributed by atoms with Crippen molar-refractivity contribution in [2.75, 3.05) is 5.32 Å². The van der Waals surface area contributed by atoms with Crippen LogP contribution in [0.4, 0.5) is 11.4 Å². The number of nitrogens with one attached hydrogen (secondary N) is 1. The SMILES string of the molecule is CC(C)N(C(=O)[C@@H](C)OC(=O)c1ccc(NC2CC2)c([N+](=O)[O-])c1)C(C)C. The third kappa shape index (κ3) is 5.18. The minimum absolute atomic E-state index is 0.0347. The van der Waals surface area contributed by atoms with Crippen LogP contribution in [-0.2, 0) is 9.53 Å². The summed E-state index contributed by atoms with van der Waals surface area (Å²) in [6.45, 7) is 9.07. The van der Waals surface area contributed by atoms with Crippen molar-refractivity contribution in [3.05, 3.63) is 33.9 Å². The lowest BCUT2D eigenvalue weighted by Crippen LogP contribution is -2.47. The van der Waals surface area contributed by atoms with Gasteiger partial charge in [0.15, 0.2) is 6.10 Å². The zero-order valence-electron chi connectivity index (χ0n) is 16.4. The van der Waals surface area contributed by atoms with Gasteiger partial charge in [-0.1, -0.05) is 0 Å². The Bertz CT molecular complexity index is 720. The van der Waals surface area contributed by atoms with Gasteiger partial charge in [0.25, 0.3) is 11.6 Å². The average Bonchev–Trinajstić information content (AvgIpc) is 3.38. The van der Waals surface area contributed by atoms with Gasteiger partial charge in [-0.2, -0.15) is 0 Å². The first kappa shape index (κ1) is 20.7. The van der Waals surface area contributed by atoms with E-state index in [4.69, 9.17) is 4.74 Å². The molecule has 2 rings (SSSR count). The lowest BCUT2D eigenvalue weighted by atomic mass is 10.1. The predicted molar refractivity (Wildman–Crippen MR) is 102 cm³/mol. The second kappa shape index (κ2) is 8.37. The van der Waals surface area contributed by atoms with Gasteiger partial charge >= 0.3 is 5.97 Å². The zero-order chi connectivity index (χ0) is 20.3. The van der Waals surface area contributed by atoms with Crippen molar-refractivity contribution < 1.29 is 19.2 Å². The number of amides is 1. The molecule has 0 saturated heterocycles. The van der Waals surface area contributed by atoms with Crippen molar-refractivity contribution in [1.82, 2.24) is 4.90 Å². The van der Waals surface area contributed by atoms with E-state index >= 15 is 0 Å². The van der Waals surface area contributed by atoms with Gasteiger partial charge < -0.3 is 15.0 Å². The second-order valence-corrected chi connectivity index (χ2v) is 7.39. The number of nitro groups is 1. The maximum absolute atomic E-state index is 12.6. The Balaban J connectivity index is 2.13.